The van der Waals surface area contributed by atoms with Gasteiger partial charge in [-0.05, 0) is 38.1 Å². The molecule has 9 nitrogen and oxygen atoms in total. The summed E-state index contributed by atoms with van der Waals surface area (Å²) in [6, 6.07) is 10.6. The molecule has 2 heterocycles. The fourth-order valence-electron chi connectivity index (χ4n) is 2.57. The number of hydrogen-bond acceptors (Lipinski definition) is 6. The van der Waals surface area contributed by atoms with E-state index in [0.717, 1.165) is 11.3 Å². The highest BCUT2D eigenvalue weighted by Crippen LogP contribution is 2.21. The number of nitrogens with one attached hydrogen (secondary N) is 2. The topological polar surface area (TPSA) is 124 Å². The van der Waals surface area contributed by atoms with Crippen LogP contribution in [0.15, 0.2) is 42.6 Å². The lowest BCUT2D eigenvalue weighted by Gasteiger charge is -2.10. The van der Waals surface area contributed by atoms with E-state index in [2.05, 4.69) is 20.7 Å². The maximum absolute atomic E-state index is 11.5. The van der Waals surface area contributed by atoms with E-state index in [9.17, 15) is 9.59 Å². The van der Waals surface area contributed by atoms with Crippen molar-refractivity contribution in [2.45, 2.75) is 19.9 Å². The predicted molar refractivity (Wildman–Crippen MR) is 105 cm³/mol. The molecule has 0 bridgehead atoms. The summed E-state index contributed by atoms with van der Waals surface area (Å²) in [5.74, 6) is 0.145. The lowest BCUT2D eigenvalue weighted by atomic mass is 10.1. The average molecular weight is 382 g/mol. The minimum Gasteiger partial charge on any atom is -0.448 e. The van der Waals surface area contributed by atoms with Crippen molar-refractivity contribution in [3.05, 3.63) is 48.2 Å². The number of nitrogens with zero attached hydrogens (tertiary/aromatic N) is 3. The molecule has 0 aliphatic heterocycles. The Hall–Kier alpha value is -3.62. The fourth-order valence-corrected chi connectivity index (χ4v) is 2.57. The molecule has 0 aliphatic rings. The molecular weight excluding hydrogens is 360 g/mol. The molecule has 0 unspecified atom stereocenters. The van der Waals surface area contributed by atoms with Gasteiger partial charge >= 0.3 is 6.09 Å². The van der Waals surface area contributed by atoms with Crippen LogP contribution in [-0.2, 0) is 4.74 Å². The Morgan fingerprint density at radius 2 is 1.93 bits per heavy atom. The van der Waals surface area contributed by atoms with Gasteiger partial charge < -0.3 is 21.1 Å². The van der Waals surface area contributed by atoms with Gasteiger partial charge in [0, 0.05) is 17.2 Å². The smallest absolute Gasteiger partial charge is 0.407 e. The molecule has 0 saturated heterocycles. The number of alkyl carbamates (subject to hydrolysis) is 1. The van der Waals surface area contributed by atoms with E-state index in [-0.39, 0.29) is 12.6 Å². The molecule has 9 heteroatoms. The minimum atomic E-state index is -0.474. The summed E-state index contributed by atoms with van der Waals surface area (Å²) in [7, 11) is 0. The standard InChI is InChI=1S/C19H22N6O3/c1-12(2)23-19(27)28-10-9-21-16-7-8-17-22-11-15(25(17)24-16)13-3-5-14(6-4-13)18(20)26/h3-8,11-12H,9-10H2,1-2H3,(H2,20,26)(H,21,24)(H,23,27). The van der Waals surface area contributed by atoms with Crippen molar-refractivity contribution >= 4 is 23.5 Å². The number of benzene rings is 1. The average Bonchev–Trinajstić information content (AvgIpc) is 3.08. The predicted octanol–water partition coefficient (Wildman–Crippen LogP) is 2.04. The van der Waals surface area contributed by atoms with Crippen LogP contribution >= 0.6 is 0 Å². The number of ether oxygens (including phenoxy) is 1. The molecule has 0 fully saturated rings. The number of rotatable bonds is 7. The zero-order valence-electron chi connectivity index (χ0n) is 15.7. The van der Waals surface area contributed by atoms with Crippen LogP contribution < -0.4 is 16.4 Å². The number of anilines is 1. The third-order valence-electron chi connectivity index (χ3n) is 3.88. The minimum absolute atomic E-state index is 0.0289. The van der Waals surface area contributed by atoms with Crippen molar-refractivity contribution in [2.24, 2.45) is 5.73 Å². The van der Waals surface area contributed by atoms with Crippen molar-refractivity contribution in [1.82, 2.24) is 19.9 Å². The second-order valence-electron chi connectivity index (χ2n) is 6.44. The number of hydrogen-bond donors (Lipinski definition) is 3. The molecule has 0 atom stereocenters. The molecule has 28 heavy (non-hydrogen) atoms. The van der Waals surface area contributed by atoms with Gasteiger partial charge in [0.05, 0.1) is 18.4 Å². The van der Waals surface area contributed by atoms with Crippen LogP contribution in [0.4, 0.5) is 10.6 Å². The van der Waals surface area contributed by atoms with Gasteiger partial charge in [0.25, 0.3) is 0 Å². The second-order valence-corrected chi connectivity index (χ2v) is 6.44. The van der Waals surface area contributed by atoms with Gasteiger partial charge in [-0.1, -0.05) is 12.1 Å². The van der Waals surface area contributed by atoms with E-state index in [4.69, 9.17) is 10.5 Å². The molecule has 2 amide bonds. The maximum Gasteiger partial charge on any atom is 0.407 e. The van der Waals surface area contributed by atoms with Crippen LogP contribution in [0.25, 0.3) is 16.9 Å². The third kappa shape index (κ3) is 4.56. The highest BCUT2D eigenvalue weighted by atomic mass is 16.5. The van der Waals surface area contributed by atoms with Crippen LogP contribution in [0.3, 0.4) is 0 Å². The molecule has 3 rings (SSSR count). The van der Waals surface area contributed by atoms with Gasteiger partial charge in [-0.25, -0.2) is 14.3 Å². The molecule has 0 saturated carbocycles. The summed E-state index contributed by atoms with van der Waals surface area (Å²) in [6.07, 6.45) is 1.27. The molecule has 4 N–H and O–H groups in total. The summed E-state index contributed by atoms with van der Waals surface area (Å²) < 4.78 is 6.78. The molecule has 0 aliphatic carbocycles. The van der Waals surface area contributed by atoms with Gasteiger partial charge in [0.1, 0.15) is 12.4 Å². The Morgan fingerprint density at radius 1 is 1.18 bits per heavy atom. The zero-order valence-corrected chi connectivity index (χ0v) is 15.7. The first kappa shape index (κ1) is 19.2. The zero-order chi connectivity index (χ0) is 20.1. The molecule has 1 aromatic carbocycles. The Bertz CT molecular complexity index is 981. The maximum atomic E-state index is 11.5. The molecule has 2 aromatic heterocycles. The normalized spacial score (nSPS) is 10.8. The highest BCUT2D eigenvalue weighted by molar-refractivity contribution is 5.93. The first-order valence-electron chi connectivity index (χ1n) is 8.86. The summed E-state index contributed by atoms with van der Waals surface area (Å²) in [4.78, 5) is 27.0. The van der Waals surface area contributed by atoms with Gasteiger partial charge in [0.15, 0.2) is 5.65 Å². The lowest BCUT2D eigenvalue weighted by molar-refractivity contribution is 0.1000. The van der Waals surface area contributed by atoms with Crippen LogP contribution in [-0.4, -0.2) is 45.8 Å². The first-order valence-corrected chi connectivity index (χ1v) is 8.86. The number of carbonyl (C=O) groups excluding carboxylic acids is 2. The Kier molecular flexibility index (Phi) is 5.73. The summed E-state index contributed by atoms with van der Waals surface area (Å²) in [5, 5.41) is 10.3. The number of imidazole rings is 1. The molecule has 3 aromatic rings. The van der Waals surface area contributed by atoms with E-state index in [1.807, 2.05) is 19.9 Å². The second kappa shape index (κ2) is 8.38. The van der Waals surface area contributed by atoms with E-state index in [0.29, 0.717) is 23.6 Å². The molecule has 0 spiro atoms. The van der Waals surface area contributed by atoms with E-state index >= 15 is 0 Å². The van der Waals surface area contributed by atoms with Crippen molar-refractivity contribution in [3.63, 3.8) is 0 Å². The Morgan fingerprint density at radius 3 is 2.61 bits per heavy atom. The number of aromatic nitrogens is 3. The summed E-state index contributed by atoms with van der Waals surface area (Å²) in [6.45, 7) is 4.36. The third-order valence-corrected chi connectivity index (χ3v) is 3.88. The molecule has 146 valence electrons. The van der Waals surface area contributed by atoms with Crippen molar-refractivity contribution in [1.29, 1.82) is 0 Å². The van der Waals surface area contributed by atoms with Crippen LogP contribution in [0.2, 0.25) is 0 Å². The number of carbonyl (C=O) groups is 2. The number of nitrogens with two attached hydrogens (primary N) is 1. The van der Waals surface area contributed by atoms with Crippen molar-refractivity contribution < 1.29 is 14.3 Å². The van der Waals surface area contributed by atoms with Gasteiger partial charge in [-0.2, -0.15) is 0 Å². The number of fused-ring (bicyclic) bond motifs is 1. The lowest BCUT2D eigenvalue weighted by Crippen LogP contribution is -2.31. The van der Waals surface area contributed by atoms with Crippen LogP contribution in [0.5, 0.6) is 0 Å². The van der Waals surface area contributed by atoms with Crippen LogP contribution in [0.1, 0.15) is 24.2 Å². The number of amides is 2. The van der Waals surface area contributed by atoms with Crippen molar-refractivity contribution in [2.75, 3.05) is 18.5 Å². The van der Waals surface area contributed by atoms with Crippen LogP contribution in [0, 0.1) is 0 Å². The largest absolute Gasteiger partial charge is 0.448 e. The Labute approximate surface area is 161 Å². The quantitative estimate of drug-likeness (QED) is 0.537. The summed E-state index contributed by atoms with van der Waals surface area (Å²) >= 11 is 0. The molecule has 0 radical (unpaired) electrons. The first-order chi connectivity index (χ1) is 13.4. The Balaban J connectivity index is 1.68. The van der Waals surface area contributed by atoms with E-state index < -0.39 is 12.0 Å². The van der Waals surface area contributed by atoms with Gasteiger partial charge in [-0.3, -0.25) is 4.79 Å². The fraction of sp³-hybridized carbons (Fsp3) is 0.263. The highest BCUT2D eigenvalue weighted by Gasteiger charge is 2.09. The van der Waals surface area contributed by atoms with E-state index in [1.165, 1.54) is 0 Å². The molecular formula is C19H22N6O3. The van der Waals surface area contributed by atoms with Gasteiger partial charge in [-0.15, -0.1) is 5.10 Å². The SMILES string of the molecule is CC(C)NC(=O)OCCNc1ccc2ncc(-c3ccc(C(N)=O)cc3)n2n1. The summed E-state index contributed by atoms with van der Waals surface area (Å²) in [5.41, 5.74) is 8.04. The van der Waals surface area contributed by atoms with Gasteiger partial charge in [0.2, 0.25) is 5.91 Å². The van der Waals surface area contributed by atoms with Crippen molar-refractivity contribution in [3.8, 4) is 11.3 Å². The van der Waals surface area contributed by atoms with E-state index in [1.54, 1.807) is 41.0 Å². The monoisotopic (exact) mass is 382 g/mol. The number of primary amides is 1.